The van der Waals surface area contributed by atoms with Crippen molar-refractivity contribution in [2.75, 3.05) is 12.3 Å². The van der Waals surface area contributed by atoms with Gasteiger partial charge in [-0.05, 0) is 16.0 Å². The quantitative estimate of drug-likeness (QED) is 0.771. The summed E-state index contributed by atoms with van der Waals surface area (Å²) >= 11 is 1.75. The second kappa shape index (κ2) is 6.36. The monoisotopic (exact) mass is 249 g/mol. The van der Waals surface area contributed by atoms with E-state index in [0.717, 1.165) is 17.3 Å². The van der Waals surface area contributed by atoms with Crippen LogP contribution in [0, 0.1) is 0 Å². The lowest BCUT2D eigenvalue weighted by Crippen LogP contribution is -2.07. The molecule has 1 heterocycles. The number of tetrazole rings is 1. The number of nitrogens with zero attached hydrogens (tertiary/aromatic N) is 4. The van der Waals surface area contributed by atoms with E-state index in [1.807, 2.05) is 22.9 Å². The summed E-state index contributed by atoms with van der Waals surface area (Å²) in [6.45, 7) is 1.40. The maximum absolute atomic E-state index is 5.45. The molecule has 0 spiro atoms. The Hall–Kier alpha value is -1.40. The van der Waals surface area contributed by atoms with Crippen LogP contribution in [-0.4, -0.2) is 32.5 Å². The molecule has 1 aromatic carbocycles. The largest absolute Gasteiger partial charge is 0.330 e. The van der Waals surface area contributed by atoms with Gasteiger partial charge < -0.3 is 5.73 Å². The second-order valence-corrected chi connectivity index (χ2v) is 4.68. The average Bonchev–Trinajstić information content (AvgIpc) is 2.79. The molecule has 6 heteroatoms. The van der Waals surface area contributed by atoms with Crippen molar-refractivity contribution in [1.82, 2.24) is 20.2 Å². The van der Waals surface area contributed by atoms with Crippen LogP contribution in [0.1, 0.15) is 11.4 Å². The van der Waals surface area contributed by atoms with Gasteiger partial charge in [0.05, 0.1) is 12.3 Å². The summed E-state index contributed by atoms with van der Waals surface area (Å²) < 4.78 is 1.83. The normalized spacial score (nSPS) is 10.6. The molecule has 0 unspecified atom stereocenters. The van der Waals surface area contributed by atoms with E-state index < -0.39 is 0 Å². The maximum Gasteiger partial charge on any atom is 0.161 e. The van der Waals surface area contributed by atoms with Crippen molar-refractivity contribution < 1.29 is 0 Å². The predicted octanol–water partition coefficient (Wildman–Crippen LogP) is 0.913. The molecule has 2 rings (SSSR count). The highest BCUT2D eigenvalue weighted by Gasteiger charge is 2.06. The Bertz CT molecular complexity index is 442. The fourth-order valence-electron chi connectivity index (χ4n) is 1.45. The molecule has 0 aliphatic rings. The Labute approximate surface area is 104 Å². The smallest absolute Gasteiger partial charge is 0.161 e. The molecule has 0 aliphatic heterocycles. The molecule has 5 nitrogen and oxygen atoms in total. The van der Waals surface area contributed by atoms with E-state index in [4.69, 9.17) is 5.73 Å². The van der Waals surface area contributed by atoms with Gasteiger partial charge in [-0.15, -0.1) is 5.10 Å². The number of rotatable bonds is 6. The number of hydrogen-bond acceptors (Lipinski definition) is 5. The molecule has 1 aromatic heterocycles. The maximum atomic E-state index is 5.45. The van der Waals surface area contributed by atoms with Crippen LogP contribution in [0.5, 0.6) is 0 Å². The minimum atomic E-state index is 0.685. The fraction of sp³-hybridized carbons (Fsp3) is 0.364. The summed E-state index contributed by atoms with van der Waals surface area (Å²) in [7, 11) is 0. The van der Waals surface area contributed by atoms with Crippen molar-refractivity contribution in [2.45, 2.75) is 12.3 Å². The van der Waals surface area contributed by atoms with Crippen molar-refractivity contribution in [3.63, 3.8) is 0 Å². The molecule has 0 aliphatic carbocycles. The molecule has 0 bridgehead atoms. The minimum absolute atomic E-state index is 0.685. The number of hydrogen-bond donors (Lipinski definition) is 1. The minimum Gasteiger partial charge on any atom is -0.330 e. The Balaban J connectivity index is 1.99. The number of thioether (sulfide) groups is 1. The van der Waals surface area contributed by atoms with Crippen LogP contribution in [-0.2, 0) is 12.3 Å². The van der Waals surface area contributed by atoms with Gasteiger partial charge in [0.25, 0.3) is 0 Å². The van der Waals surface area contributed by atoms with Gasteiger partial charge in [0.15, 0.2) is 5.82 Å². The Morgan fingerprint density at radius 3 is 2.82 bits per heavy atom. The summed E-state index contributed by atoms with van der Waals surface area (Å²) in [6, 6.07) is 10.2. The zero-order valence-electron chi connectivity index (χ0n) is 9.49. The lowest BCUT2D eigenvalue weighted by Gasteiger charge is -2.04. The summed E-state index contributed by atoms with van der Waals surface area (Å²) in [5.74, 6) is 2.63. The summed E-state index contributed by atoms with van der Waals surface area (Å²) in [4.78, 5) is 0. The highest BCUT2D eigenvalue weighted by atomic mass is 32.2. The van der Waals surface area contributed by atoms with Crippen LogP contribution in [0.4, 0.5) is 0 Å². The van der Waals surface area contributed by atoms with Crippen LogP contribution in [0.2, 0.25) is 0 Å². The van der Waals surface area contributed by atoms with Gasteiger partial charge in [-0.1, -0.05) is 30.3 Å². The third-order valence-electron chi connectivity index (χ3n) is 2.27. The van der Waals surface area contributed by atoms with Gasteiger partial charge in [-0.3, -0.25) is 0 Å². The standard InChI is InChI=1S/C11H15N5S/c12-6-7-17-9-11-13-14-15-16(11)8-10-4-2-1-3-5-10/h1-5H,6-9,12H2. The third kappa shape index (κ3) is 3.54. The van der Waals surface area contributed by atoms with E-state index in [0.29, 0.717) is 13.1 Å². The van der Waals surface area contributed by atoms with Crippen molar-refractivity contribution in [3.05, 3.63) is 41.7 Å². The zero-order valence-corrected chi connectivity index (χ0v) is 10.3. The first-order valence-corrected chi connectivity index (χ1v) is 6.62. The fourth-order valence-corrected chi connectivity index (χ4v) is 2.15. The van der Waals surface area contributed by atoms with Gasteiger partial charge >= 0.3 is 0 Å². The first-order valence-electron chi connectivity index (χ1n) is 5.47. The Kier molecular flexibility index (Phi) is 4.52. The summed E-state index contributed by atoms with van der Waals surface area (Å²) in [5, 5.41) is 11.7. The topological polar surface area (TPSA) is 69.6 Å². The van der Waals surface area contributed by atoms with Crippen LogP contribution in [0.25, 0.3) is 0 Å². The summed E-state index contributed by atoms with van der Waals surface area (Å²) in [6.07, 6.45) is 0. The van der Waals surface area contributed by atoms with Crippen molar-refractivity contribution in [3.8, 4) is 0 Å². The van der Waals surface area contributed by atoms with Crippen LogP contribution in [0.3, 0.4) is 0 Å². The molecular formula is C11H15N5S. The van der Waals surface area contributed by atoms with E-state index in [2.05, 4.69) is 27.7 Å². The van der Waals surface area contributed by atoms with Gasteiger partial charge in [0.2, 0.25) is 0 Å². The molecule has 0 fully saturated rings. The first kappa shape index (κ1) is 12.1. The van der Waals surface area contributed by atoms with E-state index in [-0.39, 0.29) is 0 Å². The molecule has 2 N–H and O–H groups in total. The van der Waals surface area contributed by atoms with Gasteiger partial charge in [-0.25, -0.2) is 4.68 Å². The molecule has 0 atom stereocenters. The van der Waals surface area contributed by atoms with Gasteiger partial charge in [0.1, 0.15) is 0 Å². The lowest BCUT2D eigenvalue weighted by atomic mass is 10.2. The molecule has 0 radical (unpaired) electrons. The number of benzene rings is 1. The van der Waals surface area contributed by atoms with E-state index in [1.165, 1.54) is 5.56 Å². The molecule has 0 saturated carbocycles. The molecular weight excluding hydrogens is 234 g/mol. The highest BCUT2D eigenvalue weighted by molar-refractivity contribution is 7.98. The molecule has 17 heavy (non-hydrogen) atoms. The molecule has 2 aromatic rings. The van der Waals surface area contributed by atoms with Crippen molar-refractivity contribution >= 4 is 11.8 Å². The van der Waals surface area contributed by atoms with Crippen molar-refractivity contribution in [1.29, 1.82) is 0 Å². The van der Waals surface area contributed by atoms with Crippen LogP contribution in [0.15, 0.2) is 30.3 Å². The lowest BCUT2D eigenvalue weighted by molar-refractivity contribution is 0.631. The predicted molar refractivity (Wildman–Crippen MR) is 68.6 cm³/mol. The second-order valence-electron chi connectivity index (χ2n) is 3.58. The SMILES string of the molecule is NCCSCc1nnnn1Cc1ccccc1. The number of aromatic nitrogens is 4. The van der Waals surface area contributed by atoms with E-state index in [9.17, 15) is 0 Å². The van der Waals surface area contributed by atoms with Gasteiger partial charge in [0, 0.05) is 12.3 Å². The zero-order chi connectivity index (χ0) is 11.9. The Morgan fingerprint density at radius 2 is 2.06 bits per heavy atom. The van der Waals surface area contributed by atoms with Gasteiger partial charge in [-0.2, -0.15) is 11.8 Å². The highest BCUT2D eigenvalue weighted by Crippen LogP contribution is 2.09. The molecule has 90 valence electrons. The summed E-state index contributed by atoms with van der Waals surface area (Å²) in [5.41, 5.74) is 6.65. The van der Waals surface area contributed by atoms with E-state index >= 15 is 0 Å². The third-order valence-corrected chi connectivity index (χ3v) is 3.26. The first-order chi connectivity index (χ1) is 8.40. The number of nitrogens with two attached hydrogens (primary N) is 1. The van der Waals surface area contributed by atoms with Crippen LogP contribution < -0.4 is 5.73 Å². The average molecular weight is 249 g/mol. The van der Waals surface area contributed by atoms with E-state index in [1.54, 1.807) is 11.8 Å². The van der Waals surface area contributed by atoms with Crippen molar-refractivity contribution in [2.24, 2.45) is 5.73 Å². The molecule has 0 amide bonds. The Morgan fingerprint density at radius 1 is 1.24 bits per heavy atom. The van der Waals surface area contributed by atoms with Crippen LogP contribution >= 0.6 is 11.8 Å². The molecule has 0 saturated heterocycles.